The predicted molar refractivity (Wildman–Crippen MR) is 128 cm³/mol. The first-order valence-electron chi connectivity index (χ1n) is 10.7. The average molecular weight is 463 g/mol. The number of para-hydroxylation sites is 2. The van der Waals surface area contributed by atoms with Crippen molar-refractivity contribution in [2.75, 3.05) is 30.8 Å². The Morgan fingerprint density at radius 3 is 2.31 bits per heavy atom. The second-order valence-corrected chi connectivity index (χ2v) is 9.97. The predicted octanol–water partition coefficient (Wildman–Crippen LogP) is 4.17. The summed E-state index contributed by atoms with van der Waals surface area (Å²) in [4.78, 5) is 12.9. The van der Waals surface area contributed by atoms with Gasteiger partial charge in [-0.05, 0) is 67.6 Å². The number of sulfonamides is 1. The number of benzene rings is 2. The highest BCUT2D eigenvalue weighted by molar-refractivity contribution is 7.92. The fraction of sp³-hybridized carbons (Fsp3) is 0.458. The van der Waals surface area contributed by atoms with Gasteiger partial charge in [-0.2, -0.15) is 0 Å². The first-order valence-corrected chi connectivity index (χ1v) is 12.5. The van der Waals surface area contributed by atoms with Crippen molar-refractivity contribution in [1.29, 1.82) is 0 Å². The molecular formula is C24H34N2O5S. The lowest BCUT2D eigenvalue weighted by atomic mass is 9.93. The normalized spacial score (nSPS) is 12.4. The zero-order valence-corrected chi connectivity index (χ0v) is 20.7. The Morgan fingerprint density at radius 2 is 1.75 bits per heavy atom. The summed E-state index contributed by atoms with van der Waals surface area (Å²) >= 11 is 0. The summed E-state index contributed by atoms with van der Waals surface area (Å²) < 4.78 is 37.1. The Kier molecular flexibility index (Phi) is 8.55. The SMILES string of the molecule is CCOc1ccccc1N(CC(=O)N[C@H](C)c1cc(C(C)C)c(OC)cc1C)S(C)(=O)=O. The second kappa shape index (κ2) is 10.7. The van der Waals surface area contributed by atoms with Crippen LogP contribution in [0.25, 0.3) is 0 Å². The smallest absolute Gasteiger partial charge is 0.241 e. The van der Waals surface area contributed by atoms with Crippen LogP contribution in [0.5, 0.6) is 11.5 Å². The molecule has 0 unspecified atom stereocenters. The van der Waals surface area contributed by atoms with Gasteiger partial charge in [0.1, 0.15) is 18.0 Å². The number of carbonyl (C=O) groups is 1. The minimum atomic E-state index is -3.71. The van der Waals surface area contributed by atoms with E-state index in [1.54, 1.807) is 31.4 Å². The molecule has 1 N–H and O–H groups in total. The largest absolute Gasteiger partial charge is 0.496 e. The van der Waals surface area contributed by atoms with Crippen molar-refractivity contribution in [1.82, 2.24) is 5.32 Å². The molecule has 1 atom stereocenters. The fourth-order valence-corrected chi connectivity index (χ4v) is 4.49. The molecule has 0 aliphatic rings. The molecule has 0 spiro atoms. The van der Waals surface area contributed by atoms with Gasteiger partial charge in [-0.1, -0.05) is 26.0 Å². The van der Waals surface area contributed by atoms with Crippen LogP contribution < -0.4 is 19.1 Å². The van der Waals surface area contributed by atoms with Crippen LogP contribution in [-0.2, 0) is 14.8 Å². The van der Waals surface area contributed by atoms with Gasteiger partial charge >= 0.3 is 0 Å². The van der Waals surface area contributed by atoms with Gasteiger partial charge in [0, 0.05) is 0 Å². The summed E-state index contributed by atoms with van der Waals surface area (Å²) in [7, 11) is -2.07. The van der Waals surface area contributed by atoms with Crippen LogP contribution in [0.15, 0.2) is 36.4 Å². The molecular weight excluding hydrogens is 428 g/mol. The molecule has 0 fully saturated rings. The van der Waals surface area contributed by atoms with E-state index in [9.17, 15) is 13.2 Å². The number of ether oxygens (including phenoxy) is 2. The standard InChI is InChI=1S/C24H34N2O5S/c1-8-31-22-12-10-9-11-21(22)26(32(7,28)29)15-24(27)25-18(5)20-14-19(16(2)3)23(30-6)13-17(20)4/h9-14,16,18H,8,15H2,1-7H3,(H,25,27)/t18-/m1/s1. The lowest BCUT2D eigenvalue weighted by Crippen LogP contribution is -2.41. The van der Waals surface area contributed by atoms with Gasteiger partial charge in [-0.15, -0.1) is 0 Å². The van der Waals surface area contributed by atoms with Gasteiger partial charge in [-0.25, -0.2) is 8.42 Å². The lowest BCUT2D eigenvalue weighted by molar-refractivity contribution is -0.120. The molecule has 8 heteroatoms. The summed E-state index contributed by atoms with van der Waals surface area (Å²) in [5.41, 5.74) is 3.34. The molecule has 2 aromatic rings. The van der Waals surface area contributed by atoms with Gasteiger partial charge in [0.05, 0.1) is 31.7 Å². The minimum Gasteiger partial charge on any atom is -0.496 e. The Hall–Kier alpha value is -2.74. The number of nitrogens with one attached hydrogen (secondary N) is 1. The monoisotopic (exact) mass is 462 g/mol. The van der Waals surface area contributed by atoms with Gasteiger partial charge in [-0.3, -0.25) is 9.10 Å². The molecule has 32 heavy (non-hydrogen) atoms. The quantitative estimate of drug-likeness (QED) is 0.573. The van der Waals surface area contributed by atoms with Crippen LogP contribution in [-0.4, -0.2) is 40.8 Å². The molecule has 0 saturated heterocycles. The Labute approximate surface area is 191 Å². The summed E-state index contributed by atoms with van der Waals surface area (Å²) in [5, 5.41) is 2.94. The van der Waals surface area contributed by atoms with Crippen LogP contribution in [0.4, 0.5) is 5.69 Å². The number of anilines is 1. The first kappa shape index (κ1) is 25.5. The number of methoxy groups -OCH3 is 1. The van der Waals surface area contributed by atoms with Gasteiger partial charge in [0.25, 0.3) is 0 Å². The molecule has 0 radical (unpaired) electrons. The molecule has 2 aromatic carbocycles. The minimum absolute atomic E-state index is 0.253. The molecule has 0 saturated carbocycles. The molecule has 0 bridgehead atoms. The van der Waals surface area contributed by atoms with Crippen LogP contribution in [0.3, 0.4) is 0 Å². The van der Waals surface area contributed by atoms with Crippen LogP contribution >= 0.6 is 0 Å². The van der Waals surface area contributed by atoms with Crippen LogP contribution in [0.1, 0.15) is 56.3 Å². The number of nitrogens with zero attached hydrogens (tertiary/aromatic N) is 1. The number of rotatable bonds is 10. The van der Waals surface area contributed by atoms with Crippen LogP contribution in [0, 0.1) is 6.92 Å². The maximum atomic E-state index is 12.9. The highest BCUT2D eigenvalue weighted by Gasteiger charge is 2.25. The van der Waals surface area contributed by atoms with E-state index >= 15 is 0 Å². The van der Waals surface area contributed by atoms with Crippen molar-refractivity contribution < 1.29 is 22.7 Å². The average Bonchev–Trinajstić information content (AvgIpc) is 2.71. The summed E-state index contributed by atoms with van der Waals surface area (Å²) in [6, 6.07) is 10.5. The molecule has 0 heterocycles. The van der Waals surface area contributed by atoms with Gasteiger partial charge in [0.2, 0.25) is 15.9 Å². The lowest BCUT2D eigenvalue weighted by Gasteiger charge is -2.26. The Morgan fingerprint density at radius 1 is 1.09 bits per heavy atom. The third kappa shape index (κ3) is 6.16. The second-order valence-electron chi connectivity index (χ2n) is 8.07. The van der Waals surface area contributed by atoms with E-state index in [0.29, 0.717) is 18.0 Å². The summed E-state index contributed by atoms with van der Waals surface area (Å²) in [6.07, 6.45) is 1.08. The van der Waals surface area contributed by atoms with Crippen molar-refractivity contribution in [3.05, 3.63) is 53.1 Å². The van der Waals surface area contributed by atoms with E-state index in [1.165, 1.54) is 0 Å². The molecule has 1 amide bonds. The van der Waals surface area contributed by atoms with Gasteiger partial charge in [0.15, 0.2) is 0 Å². The Balaban J connectivity index is 2.29. The molecule has 0 aliphatic heterocycles. The van der Waals surface area contributed by atoms with Crippen LogP contribution in [0.2, 0.25) is 0 Å². The van der Waals surface area contributed by atoms with Crippen molar-refractivity contribution >= 4 is 21.6 Å². The van der Waals surface area contributed by atoms with E-state index in [0.717, 1.165) is 33.0 Å². The zero-order chi connectivity index (χ0) is 24.1. The molecule has 7 nitrogen and oxygen atoms in total. The number of aryl methyl sites for hydroxylation is 1. The first-order chi connectivity index (χ1) is 15.0. The Bertz CT molecular complexity index is 1050. The van der Waals surface area contributed by atoms with Crippen molar-refractivity contribution in [3.63, 3.8) is 0 Å². The molecule has 0 aliphatic carbocycles. The van der Waals surface area contributed by atoms with Crippen molar-refractivity contribution in [2.24, 2.45) is 0 Å². The number of hydrogen-bond donors (Lipinski definition) is 1. The van der Waals surface area contributed by atoms with Gasteiger partial charge < -0.3 is 14.8 Å². The van der Waals surface area contributed by atoms with E-state index in [2.05, 4.69) is 19.2 Å². The highest BCUT2D eigenvalue weighted by Crippen LogP contribution is 2.32. The topological polar surface area (TPSA) is 84.9 Å². The third-order valence-electron chi connectivity index (χ3n) is 5.21. The number of hydrogen-bond acceptors (Lipinski definition) is 5. The van der Waals surface area contributed by atoms with E-state index < -0.39 is 15.9 Å². The molecule has 2 rings (SSSR count). The summed E-state index contributed by atoms with van der Waals surface area (Å²) in [6.45, 7) is 9.87. The number of amides is 1. The molecule has 176 valence electrons. The fourth-order valence-electron chi connectivity index (χ4n) is 3.63. The van der Waals surface area contributed by atoms with Crippen molar-refractivity contribution in [3.8, 4) is 11.5 Å². The summed E-state index contributed by atoms with van der Waals surface area (Å²) in [5.74, 6) is 1.07. The van der Waals surface area contributed by atoms with E-state index in [4.69, 9.17) is 9.47 Å². The van der Waals surface area contributed by atoms with Crippen molar-refractivity contribution in [2.45, 2.75) is 46.6 Å². The van der Waals surface area contributed by atoms with E-state index in [1.807, 2.05) is 32.9 Å². The number of carbonyl (C=O) groups excluding carboxylic acids is 1. The van der Waals surface area contributed by atoms with E-state index in [-0.39, 0.29) is 18.5 Å². The molecule has 0 aromatic heterocycles. The maximum Gasteiger partial charge on any atom is 0.241 e. The highest BCUT2D eigenvalue weighted by atomic mass is 32.2. The maximum absolute atomic E-state index is 12.9. The zero-order valence-electron chi connectivity index (χ0n) is 19.9. The third-order valence-corrected chi connectivity index (χ3v) is 6.33.